The molecule has 28 heavy (non-hydrogen) atoms. The molecule has 0 saturated carbocycles. The predicted molar refractivity (Wildman–Crippen MR) is 117 cm³/mol. The van der Waals surface area contributed by atoms with Crippen LogP contribution in [-0.4, -0.2) is 23.6 Å². The molecule has 1 heterocycles. The van der Waals surface area contributed by atoms with Gasteiger partial charge in [0.2, 0.25) is 0 Å². The van der Waals surface area contributed by atoms with Gasteiger partial charge in [-0.3, -0.25) is 9.69 Å². The lowest BCUT2D eigenvalue weighted by Crippen LogP contribution is -2.29. The summed E-state index contributed by atoms with van der Waals surface area (Å²) in [5.41, 5.74) is 5.63. The lowest BCUT2D eigenvalue weighted by molar-refractivity contribution is 0.102. The van der Waals surface area contributed by atoms with Gasteiger partial charge in [-0.1, -0.05) is 36.4 Å². The van der Waals surface area contributed by atoms with E-state index in [1.165, 1.54) is 21.6 Å². The number of hydrogen-bond donors (Lipinski definition) is 1. The zero-order valence-electron chi connectivity index (χ0n) is 16.0. The minimum Gasteiger partial charge on any atom is -0.322 e. The monoisotopic (exact) mass is 388 g/mol. The molecule has 0 bridgehead atoms. The molecule has 142 valence electrons. The SMILES string of the molecule is CSc1ccc(NC(=O)c2ccc(CN3CCc4ccccc4C3)cc2)cc1. The average Bonchev–Trinajstić information content (AvgIpc) is 2.75. The van der Waals surface area contributed by atoms with E-state index in [-0.39, 0.29) is 5.91 Å². The zero-order chi connectivity index (χ0) is 19.3. The Kier molecular flexibility index (Phi) is 5.79. The molecule has 3 aromatic rings. The number of carbonyl (C=O) groups is 1. The summed E-state index contributed by atoms with van der Waals surface area (Å²) in [5.74, 6) is -0.0737. The van der Waals surface area contributed by atoms with Crippen LogP contribution in [0.3, 0.4) is 0 Å². The highest BCUT2D eigenvalue weighted by Crippen LogP contribution is 2.21. The van der Waals surface area contributed by atoms with Crippen LogP contribution in [0.2, 0.25) is 0 Å². The summed E-state index contributed by atoms with van der Waals surface area (Å²) in [6.07, 6.45) is 3.14. The van der Waals surface area contributed by atoms with Gasteiger partial charge in [0.25, 0.3) is 5.91 Å². The Balaban J connectivity index is 1.36. The lowest BCUT2D eigenvalue weighted by Gasteiger charge is -2.28. The molecular formula is C24H24N2OS. The second kappa shape index (κ2) is 8.63. The summed E-state index contributed by atoms with van der Waals surface area (Å²) in [6, 6.07) is 24.5. The Morgan fingerprint density at radius 3 is 2.39 bits per heavy atom. The van der Waals surface area contributed by atoms with Crippen LogP contribution in [0.1, 0.15) is 27.0 Å². The fourth-order valence-electron chi connectivity index (χ4n) is 3.59. The van der Waals surface area contributed by atoms with Crippen LogP contribution in [0, 0.1) is 0 Å². The first-order valence-electron chi connectivity index (χ1n) is 9.55. The van der Waals surface area contributed by atoms with Crippen molar-refractivity contribution in [1.82, 2.24) is 4.90 Å². The van der Waals surface area contributed by atoms with Crippen LogP contribution in [0.5, 0.6) is 0 Å². The number of fused-ring (bicyclic) bond motifs is 1. The molecule has 0 saturated heterocycles. The Morgan fingerprint density at radius 1 is 0.964 bits per heavy atom. The Labute approximate surface area is 170 Å². The molecule has 0 radical (unpaired) electrons. The van der Waals surface area contributed by atoms with Gasteiger partial charge in [0, 0.05) is 35.8 Å². The third-order valence-electron chi connectivity index (χ3n) is 5.18. The van der Waals surface area contributed by atoms with Crippen molar-refractivity contribution in [3.63, 3.8) is 0 Å². The molecule has 3 nitrogen and oxygen atoms in total. The second-order valence-corrected chi connectivity index (χ2v) is 7.99. The molecule has 3 aromatic carbocycles. The third kappa shape index (κ3) is 4.46. The first-order valence-corrected chi connectivity index (χ1v) is 10.8. The fraction of sp³-hybridized carbons (Fsp3) is 0.208. The van der Waals surface area contributed by atoms with Crippen LogP contribution in [0.15, 0.2) is 77.7 Å². The Bertz CT molecular complexity index is 951. The zero-order valence-corrected chi connectivity index (χ0v) is 16.8. The maximum atomic E-state index is 12.5. The summed E-state index contributed by atoms with van der Waals surface area (Å²) < 4.78 is 0. The molecule has 0 unspecified atom stereocenters. The van der Waals surface area contributed by atoms with Crippen LogP contribution >= 0.6 is 11.8 Å². The van der Waals surface area contributed by atoms with Crippen molar-refractivity contribution in [2.24, 2.45) is 0 Å². The van der Waals surface area contributed by atoms with Crippen molar-refractivity contribution in [2.45, 2.75) is 24.4 Å². The number of amides is 1. The highest BCUT2D eigenvalue weighted by molar-refractivity contribution is 7.98. The van der Waals surface area contributed by atoms with E-state index < -0.39 is 0 Å². The molecule has 1 amide bonds. The summed E-state index contributed by atoms with van der Waals surface area (Å²) in [4.78, 5) is 16.1. The molecule has 1 aliphatic heterocycles. The van der Waals surface area contributed by atoms with E-state index in [1.807, 2.05) is 42.7 Å². The number of thioether (sulfide) groups is 1. The summed E-state index contributed by atoms with van der Waals surface area (Å²) in [5, 5.41) is 2.96. The quantitative estimate of drug-likeness (QED) is 0.608. The van der Waals surface area contributed by atoms with Crippen molar-refractivity contribution >= 4 is 23.4 Å². The Morgan fingerprint density at radius 2 is 1.68 bits per heavy atom. The molecule has 0 aliphatic carbocycles. The van der Waals surface area contributed by atoms with Gasteiger partial charge < -0.3 is 5.32 Å². The maximum Gasteiger partial charge on any atom is 0.255 e. The van der Waals surface area contributed by atoms with Crippen molar-refractivity contribution in [1.29, 1.82) is 0 Å². The number of anilines is 1. The van der Waals surface area contributed by atoms with E-state index in [0.29, 0.717) is 5.56 Å². The van der Waals surface area contributed by atoms with Gasteiger partial charge in [-0.25, -0.2) is 0 Å². The number of carbonyl (C=O) groups excluding carboxylic acids is 1. The minimum absolute atomic E-state index is 0.0737. The summed E-state index contributed by atoms with van der Waals surface area (Å²) in [6.45, 7) is 2.97. The first kappa shape index (κ1) is 18.8. The molecule has 0 aromatic heterocycles. The molecule has 4 heteroatoms. The van der Waals surface area contributed by atoms with Crippen molar-refractivity contribution in [3.8, 4) is 0 Å². The van der Waals surface area contributed by atoms with E-state index in [0.717, 1.165) is 31.7 Å². The van der Waals surface area contributed by atoms with Gasteiger partial charge >= 0.3 is 0 Å². The van der Waals surface area contributed by atoms with E-state index in [2.05, 4.69) is 46.6 Å². The second-order valence-electron chi connectivity index (χ2n) is 7.11. The van der Waals surface area contributed by atoms with Gasteiger partial charge in [0.15, 0.2) is 0 Å². The standard InChI is InChI=1S/C24H24N2OS/c1-28-23-12-10-22(11-13-23)25-24(27)20-8-6-18(7-9-20)16-26-15-14-19-4-2-3-5-21(19)17-26/h2-13H,14-17H2,1H3,(H,25,27). The van der Waals surface area contributed by atoms with Gasteiger partial charge in [-0.2, -0.15) is 0 Å². The third-order valence-corrected chi connectivity index (χ3v) is 5.92. The number of nitrogens with zero attached hydrogens (tertiary/aromatic N) is 1. The fourth-order valence-corrected chi connectivity index (χ4v) is 3.99. The Hall–Kier alpha value is -2.56. The van der Waals surface area contributed by atoms with Crippen LogP contribution in [0.25, 0.3) is 0 Å². The van der Waals surface area contributed by atoms with E-state index in [4.69, 9.17) is 0 Å². The molecule has 0 fully saturated rings. The summed E-state index contributed by atoms with van der Waals surface area (Å²) in [7, 11) is 0. The number of benzene rings is 3. The molecule has 1 N–H and O–H groups in total. The minimum atomic E-state index is -0.0737. The number of rotatable bonds is 5. The predicted octanol–water partition coefficient (Wildman–Crippen LogP) is 5.22. The summed E-state index contributed by atoms with van der Waals surface area (Å²) >= 11 is 1.69. The van der Waals surface area contributed by atoms with Crippen molar-refractivity contribution in [2.75, 3.05) is 18.1 Å². The lowest BCUT2D eigenvalue weighted by atomic mass is 9.99. The van der Waals surface area contributed by atoms with E-state index in [9.17, 15) is 4.79 Å². The van der Waals surface area contributed by atoms with E-state index in [1.54, 1.807) is 11.8 Å². The molecular weight excluding hydrogens is 364 g/mol. The molecule has 0 atom stereocenters. The number of hydrogen-bond acceptors (Lipinski definition) is 3. The smallest absolute Gasteiger partial charge is 0.255 e. The molecule has 4 rings (SSSR count). The van der Waals surface area contributed by atoms with E-state index >= 15 is 0 Å². The van der Waals surface area contributed by atoms with Gasteiger partial charge in [-0.05, 0) is 65.8 Å². The average molecular weight is 389 g/mol. The molecule has 0 spiro atoms. The number of nitrogens with one attached hydrogen (secondary N) is 1. The maximum absolute atomic E-state index is 12.5. The largest absolute Gasteiger partial charge is 0.322 e. The highest BCUT2D eigenvalue weighted by atomic mass is 32.2. The van der Waals surface area contributed by atoms with Crippen LogP contribution in [-0.2, 0) is 19.5 Å². The van der Waals surface area contributed by atoms with Crippen LogP contribution < -0.4 is 5.32 Å². The molecule has 1 aliphatic rings. The first-order chi connectivity index (χ1) is 13.7. The van der Waals surface area contributed by atoms with Gasteiger partial charge in [-0.15, -0.1) is 11.8 Å². The van der Waals surface area contributed by atoms with Crippen molar-refractivity contribution in [3.05, 3.63) is 95.1 Å². The van der Waals surface area contributed by atoms with Crippen LogP contribution in [0.4, 0.5) is 5.69 Å². The van der Waals surface area contributed by atoms with Gasteiger partial charge in [0.05, 0.1) is 0 Å². The highest BCUT2D eigenvalue weighted by Gasteiger charge is 2.16. The topological polar surface area (TPSA) is 32.3 Å². The van der Waals surface area contributed by atoms with Crippen molar-refractivity contribution < 1.29 is 4.79 Å². The normalized spacial score (nSPS) is 13.8. The van der Waals surface area contributed by atoms with Gasteiger partial charge in [0.1, 0.15) is 0 Å².